The van der Waals surface area contributed by atoms with Gasteiger partial charge in [-0.2, -0.15) is 21.2 Å². The van der Waals surface area contributed by atoms with Gasteiger partial charge < -0.3 is 40.6 Å². The monoisotopic (exact) mass is 562 g/mol. The summed E-state index contributed by atoms with van der Waals surface area (Å²) in [6.45, 7) is 1.93. The van der Waals surface area contributed by atoms with E-state index in [9.17, 15) is 0 Å². The summed E-state index contributed by atoms with van der Waals surface area (Å²) in [5.41, 5.74) is 2.49. The predicted molar refractivity (Wildman–Crippen MR) is 140 cm³/mol. The van der Waals surface area contributed by atoms with Crippen molar-refractivity contribution < 1.29 is 30.0 Å². The number of aryl methyl sites for hydroxylation is 1. The number of hydrogen-bond donors (Lipinski definition) is 0. The summed E-state index contributed by atoms with van der Waals surface area (Å²) in [5, 5.41) is 9.68. The number of methoxy groups -OCH3 is 1. The second-order valence-corrected chi connectivity index (χ2v) is 8.88. The van der Waals surface area contributed by atoms with E-state index in [0.717, 1.165) is 5.56 Å². The molecule has 4 aromatic carbocycles. The van der Waals surface area contributed by atoms with Crippen molar-refractivity contribution in [1.29, 1.82) is 0 Å². The van der Waals surface area contributed by atoms with E-state index in [1.54, 1.807) is 67.8 Å². The normalized spacial score (nSPS) is 12.2. The molecule has 0 aliphatic heterocycles. The van der Waals surface area contributed by atoms with Crippen LogP contribution in [-0.4, -0.2) is 7.11 Å². The molecule has 2 unspecified atom stereocenters. The van der Waals surface area contributed by atoms with E-state index in [1.807, 2.05) is 19.1 Å². The average molecular weight is 563 g/mol. The first-order valence-corrected chi connectivity index (χ1v) is 11.7. The molecule has 0 N–H and O–H groups in total. The molecule has 0 heterocycles. The minimum atomic E-state index is -0.918. The summed E-state index contributed by atoms with van der Waals surface area (Å²) in [5.74, 6) is -0.356. The second kappa shape index (κ2) is 12.4. The van der Waals surface area contributed by atoms with Crippen molar-refractivity contribution in [3.8, 4) is 5.75 Å². The first-order valence-electron chi connectivity index (χ1n) is 10.9. The molecule has 2 atom stereocenters. The van der Waals surface area contributed by atoms with Crippen molar-refractivity contribution in [2.45, 2.75) is 28.8 Å². The van der Waals surface area contributed by atoms with Crippen molar-refractivity contribution in [2.75, 3.05) is 7.11 Å². The molecule has 0 aromatic heterocycles. The van der Waals surface area contributed by atoms with Crippen LogP contribution in [0.15, 0.2) is 94.7 Å². The minimum Gasteiger partial charge on any atom is -0.781 e. The molecule has 0 spiro atoms. The number of ether oxygens (including phenoxy) is 1. The second-order valence-electron chi connectivity index (χ2n) is 8.00. The van der Waals surface area contributed by atoms with Crippen LogP contribution in [0.3, 0.4) is 0 Å². The Hall–Kier alpha value is -2.93. The van der Waals surface area contributed by atoms with Gasteiger partial charge in [-0.1, -0.05) is 78.3 Å². The number of halogens is 2. The van der Waals surface area contributed by atoms with Crippen LogP contribution in [0.2, 0.25) is 0 Å². The molecular formula is C28H22F2N2NiOS2-4. The van der Waals surface area contributed by atoms with Crippen LogP contribution in [0.1, 0.15) is 28.8 Å². The number of rotatable bonds is 8. The topological polar surface area (TPSA) is 37.4 Å². The molecule has 0 aliphatic carbocycles. The van der Waals surface area contributed by atoms with Crippen molar-refractivity contribution >= 4 is 36.6 Å². The molecule has 0 saturated heterocycles. The maximum atomic E-state index is 15.1. The SMILES string of the molecule is COc1ccc([N-]C(c2ccccc2F)C([N-]c2ccc(C)cc2[S-])c2ccccc2F)c([S-])c1.[Ni]. The van der Waals surface area contributed by atoms with E-state index in [-0.39, 0.29) is 27.6 Å². The number of benzene rings is 4. The maximum Gasteiger partial charge on any atom is 0.125 e. The van der Waals surface area contributed by atoms with Gasteiger partial charge in [0.2, 0.25) is 0 Å². The van der Waals surface area contributed by atoms with Gasteiger partial charge in [0.25, 0.3) is 0 Å². The molecule has 4 aromatic rings. The third-order valence-electron chi connectivity index (χ3n) is 5.59. The zero-order valence-corrected chi connectivity index (χ0v) is 22.0. The quantitative estimate of drug-likeness (QED) is 0.160. The van der Waals surface area contributed by atoms with E-state index in [1.165, 1.54) is 12.1 Å². The van der Waals surface area contributed by atoms with Gasteiger partial charge in [-0.15, -0.1) is 0 Å². The predicted octanol–water partition coefficient (Wildman–Crippen LogP) is 8.28. The van der Waals surface area contributed by atoms with Gasteiger partial charge in [-0.3, -0.25) is 0 Å². The summed E-state index contributed by atoms with van der Waals surface area (Å²) in [6.07, 6.45) is 0. The molecule has 0 bridgehead atoms. The van der Waals surface area contributed by atoms with Gasteiger partial charge in [-0.05, 0) is 42.3 Å². The summed E-state index contributed by atoms with van der Waals surface area (Å²) in [7, 11) is 1.55. The Morgan fingerprint density at radius 1 is 0.694 bits per heavy atom. The van der Waals surface area contributed by atoms with Gasteiger partial charge in [0.15, 0.2) is 0 Å². The fourth-order valence-corrected chi connectivity index (χ4v) is 4.35. The first-order chi connectivity index (χ1) is 16.9. The van der Waals surface area contributed by atoms with Crippen LogP contribution >= 0.6 is 0 Å². The zero-order valence-electron chi connectivity index (χ0n) is 19.4. The Labute approximate surface area is 231 Å². The fourth-order valence-electron chi connectivity index (χ4n) is 3.81. The van der Waals surface area contributed by atoms with Crippen molar-refractivity contribution in [1.82, 2.24) is 0 Å². The van der Waals surface area contributed by atoms with Gasteiger partial charge >= 0.3 is 0 Å². The third-order valence-corrected chi connectivity index (χ3v) is 6.24. The molecular weight excluding hydrogens is 541 g/mol. The largest absolute Gasteiger partial charge is 0.781 e. The van der Waals surface area contributed by atoms with E-state index >= 15 is 8.78 Å². The zero-order chi connectivity index (χ0) is 24.9. The molecule has 36 heavy (non-hydrogen) atoms. The van der Waals surface area contributed by atoms with Crippen LogP contribution in [0.25, 0.3) is 10.6 Å². The average Bonchev–Trinajstić information content (AvgIpc) is 2.84. The van der Waals surface area contributed by atoms with Crippen molar-refractivity contribution in [2.24, 2.45) is 0 Å². The van der Waals surface area contributed by atoms with E-state index < -0.39 is 23.7 Å². The molecule has 190 valence electrons. The number of hydrogen-bond acceptors (Lipinski definition) is 3. The molecule has 0 saturated carbocycles. The van der Waals surface area contributed by atoms with Gasteiger partial charge in [0.05, 0.1) is 7.11 Å². The first kappa shape index (κ1) is 27.7. The van der Waals surface area contributed by atoms with Crippen molar-refractivity contribution in [3.63, 3.8) is 0 Å². The van der Waals surface area contributed by atoms with Gasteiger partial charge in [0, 0.05) is 16.5 Å². The van der Waals surface area contributed by atoms with Gasteiger partial charge in [0.1, 0.15) is 17.4 Å². The Balaban J connectivity index is 0.00000361. The minimum absolute atomic E-state index is 0. The molecule has 3 nitrogen and oxygen atoms in total. The summed E-state index contributed by atoms with van der Waals surface area (Å²) in [4.78, 5) is 0.948. The summed E-state index contributed by atoms with van der Waals surface area (Å²) < 4.78 is 35.5. The van der Waals surface area contributed by atoms with E-state index in [4.69, 9.17) is 40.6 Å². The van der Waals surface area contributed by atoms with Crippen molar-refractivity contribution in [3.05, 3.63) is 124 Å². The Morgan fingerprint density at radius 2 is 1.17 bits per heavy atom. The molecule has 0 fully saturated rings. The molecule has 0 aliphatic rings. The van der Waals surface area contributed by atoms with Crippen LogP contribution in [0.5, 0.6) is 5.75 Å². The van der Waals surface area contributed by atoms with E-state index in [2.05, 4.69) is 0 Å². The fraction of sp³-hybridized carbons (Fsp3) is 0.143. The molecule has 8 heteroatoms. The standard InChI is InChI=1S/C28H24F2N2OS2.Ni/c1-17-11-13-23(25(34)15-17)31-27(19-7-3-5-9-21(19)29)28(20-8-4-6-10-22(20)30)32-24-14-12-18(33-2)16-26(24)35;/h3-16,27-28,34-35H,1-2H3;/q-2;/p-2. The maximum absolute atomic E-state index is 15.1. The Morgan fingerprint density at radius 3 is 1.61 bits per heavy atom. The molecule has 4 rings (SSSR count). The van der Waals surface area contributed by atoms with Crippen LogP contribution in [0, 0.1) is 18.6 Å². The third kappa shape index (κ3) is 6.25. The van der Waals surface area contributed by atoms with Crippen LogP contribution in [-0.2, 0) is 41.7 Å². The smallest absolute Gasteiger partial charge is 0.125 e. The van der Waals surface area contributed by atoms with E-state index in [0.29, 0.717) is 26.9 Å². The Kier molecular flexibility index (Phi) is 9.49. The summed E-state index contributed by atoms with van der Waals surface area (Å²) >= 11 is 11.0. The van der Waals surface area contributed by atoms with Crippen LogP contribution < -0.4 is 4.74 Å². The number of nitrogens with zero attached hydrogens (tertiary/aromatic N) is 2. The molecule has 0 amide bonds. The van der Waals surface area contributed by atoms with Gasteiger partial charge in [-0.25, -0.2) is 8.78 Å². The van der Waals surface area contributed by atoms with Crippen LogP contribution in [0.4, 0.5) is 20.2 Å². The Bertz CT molecular complexity index is 1340. The molecule has 0 radical (unpaired) electrons. The summed E-state index contributed by atoms with van der Waals surface area (Å²) in [6, 6.07) is 21.4.